The average Bonchev–Trinajstić information content (AvgIpc) is 2.40. The fourth-order valence-electron chi connectivity index (χ4n) is 1.81. The lowest BCUT2D eigenvalue weighted by molar-refractivity contribution is 0.623. The minimum Gasteiger partial charge on any atom is -0.383 e. The molecule has 94 valence electrons. The summed E-state index contributed by atoms with van der Waals surface area (Å²) in [5.74, 6) is -0.181. The Bertz CT molecular complexity index is 485. The molecule has 3 heteroatoms. The largest absolute Gasteiger partial charge is 0.383 e. The molecule has 0 saturated carbocycles. The second-order valence-electron chi connectivity index (χ2n) is 4.17. The summed E-state index contributed by atoms with van der Waals surface area (Å²) >= 11 is 0. The van der Waals surface area contributed by atoms with Crippen LogP contribution >= 0.6 is 0 Å². The van der Waals surface area contributed by atoms with E-state index in [1.54, 1.807) is 12.1 Å². The van der Waals surface area contributed by atoms with Crippen LogP contribution in [0.1, 0.15) is 0 Å². The summed E-state index contributed by atoms with van der Waals surface area (Å²) in [7, 11) is 1.89. The molecule has 1 N–H and O–H groups in total. The zero-order chi connectivity index (χ0) is 12.8. The van der Waals surface area contributed by atoms with E-state index in [0.717, 1.165) is 18.8 Å². The molecule has 0 heterocycles. The lowest BCUT2D eigenvalue weighted by Gasteiger charge is -2.20. The fourth-order valence-corrected chi connectivity index (χ4v) is 1.81. The van der Waals surface area contributed by atoms with E-state index in [2.05, 4.69) is 5.32 Å². The number of nitrogens with one attached hydrogen (secondary N) is 1. The van der Waals surface area contributed by atoms with Crippen molar-refractivity contribution in [1.29, 1.82) is 0 Å². The summed E-state index contributed by atoms with van der Waals surface area (Å²) in [5, 5.41) is 3.30. The second kappa shape index (κ2) is 6.05. The number of likely N-dealkylation sites (N-methyl/N-ethyl adjacent to an activating group) is 1. The summed E-state index contributed by atoms with van der Waals surface area (Å²) in [4.78, 5) is 1.91. The number of halogens is 1. The minimum atomic E-state index is -0.181. The van der Waals surface area contributed by atoms with Crippen molar-refractivity contribution in [3.05, 3.63) is 60.4 Å². The Labute approximate surface area is 107 Å². The summed E-state index contributed by atoms with van der Waals surface area (Å²) in [6, 6.07) is 16.8. The van der Waals surface area contributed by atoms with Crippen LogP contribution < -0.4 is 10.2 Å². The zero-order valence-corrected chi connectivity index (χ0v) is 10.4. The van der Waals surface area contributed by atoms with Crippen LogP contribution in [-0.2, 0) is 0 Å². The third-order valence-electron chi connectivity index (χ3n) is 2.81. The lowest BCUT2D eigenvalue weighted by Crippen LogP contribution is -2.25. The van der Waals surface area contributed by atoms with E-state index >= 15 is 0 Å². The van der Waals surface area contributed by atoms with Gasteiger partial charge in [-0.25, -0.2) is 4.39 Å². The molecule has 0 saturated heterocycles. The standard InChI is InChI=1S/C15H17FN2/c1-18(15-10-6-5-9-14(15)16)12-11-17-13-7-3-2-4-8-13/h2-10,17H,11-12H2,1H3. The van der Waals surface area contributed by atoms with Gasteiger partial charge in [-0.05, 0) is 24.3 Å². The molecule has 0 aliphatic carbocycles. The van der Waals surface area contributed by atoms with Gasteiger partial charge in [0.15, 0.2) is 0 Å². The van der Waals surface area contributed by atoms with Crippen molar-refractivity contribution in [2.24, 2.45) is 0 Å². The van der Waals surface area contributed by atoms with E-state index in [-0.39, 0.29) is 5.82 Å². The normalized spacial score (nSPS) is 10.1. The van der Waals surface area contributed by atoms with Gasteiger partial charge in [-0.15, -0.1) is 0 Å². The van der Waals surface area contributed by atoms with Crippen LogP contribution in [0.3, 0.4) is 0 Å². The minimum absolute atomic E-state index is 0.181. The topological polar surface area (TPSA) is 15.3 Å². The maximum atomic E-state index is 13.5. The molecule has 0 amide bonds. The van der Waals surface area contributed by atoms with Gasteiger partial charge in [0.1, 0.15) is 5.82 Å². The maximum absolute atomic E-state index is 13.5. The molecular formula is C15H17FN2. The van der Waals surface area contributed by atoms with Crippen molar-refractivity contribution >= 4 is 11.4 Å². The van der Waals surface area contributed by atoms with E-state index in [9.17, 15) is 4.39 Å². The van der Waals surface area contributed by atoms with Gasteiger partial charge in [-0.1, -0.05) is 30.3 Å². The fraction of sp³-hybridized carbons (Fsp3) is 0.200. The van der Waals surface area contributed by atoms with Crippen LogP contribution in [0.2, 0.25) is 0 Å². The van der Waals surface area contributed by atoms with Crippen molar-refractivity contribution in [2.75, 3.05) is 30.4 Å². The van der Waals surface area contributed by atoms with Crippen LogP contribution in [0.15, 0.2) is 54.6 Å². The molecule has 18 heavy (non-hydrogen) atoms. The highest BCUT2D eigenvalue weighted by molar-refractivity contribution is 5.47. The van der Waals surface area contributed by atoms with Crippen molar-refractivity contribution in [2.45, 2.75) is 0 Å². The molecule has 2 aromatic carbocycles. The van der Waals surface area contributed by atoms with Crippen LogP contribution in [0, 0.1) is 5.82 Å². The molecular weight excluding hydrogens is 227 g/mol. The van der Waals surface area contributed by atoms with E-state index in [1.807, 2.05) is 48.3 Å². The third kappa shape index (κ3) is 3.23. The highest BCUT2D eigenvalue weighted by Crippen LogP contribution is 2.16. The van der Waals surface area contributed by atoms with Gasteiger partial charge >= 0.3 is 0 Å². The maximum Gasteiger partial charge on any atom is 0.146 e. The monoisotopic (exact) mass is 244 g/mol. The summed E-state index contributed by atoms with van der Waals surface area (Å²) in [6.45, 7) is 1.52. The Kier molecular flexibility index (Phi) is 4.18. The summed E-state index contributed by atoms with van der Waals surface area (Å²) in [6.07, 6.45) is 0. The zero-order valence-electron chi connectivity index (χ0n) is 10.4. The second-order valence-corrected chi connectivity index (χ2v) is 4.17. The van der Waals surface area contributed by atoms with Crippen molar-refractivity contribution in [1.82, 2.24) is 0 Å². The lowest BCUT2D eigenvalue weighted by atomic mass is 10.3. The van der Waals surface area contributed by atoms with Gasteiger partial charge in [0.25, 0.3) is 0 Å². The third-order valence-corrected chi connectivity index (χ3v) is 2.81. The molecule has 0 fully saturated rings. The van der Waals surface area contributed by atoms with Crippen LogP contribution in [0.5, 0.6) is 0 Å². The molecule has 2 aromatic rings. The number of anilines is 2. The van der Waals surface area contributed by atoms with Crippen LogP contribution in [-0.4, -0.2) is 20.1 Å². The molecule has 0 spiro atoms. The highest BCUT2D eigenvalue weighted by atomic mass is 19.1. The van der Waals surface area contributed by atoms with Crippen LogP contribution in [0.4, 0.5) is 15.8 Å². The molecule has 0 aromatic heterocycles. The molecule has 0 aliphatic heterocycles. The van der Waals surface area contributed by atoms with E-state index < -0.39 is 0 Å². The molecule has 0 bridgehead atoms. The predicted molar refractivity (Wildman–Crippen MR) is 74.6 cm³/mol. The van der Waals surface area contributed by atoms with Gasteiger partial charge in [0.2, 0.25) is 0 Å². The highest BCUT2D eigenvalue weighted by Gasteiger charge is 2.05. The summed E-state index contributed by atoms with van der Waals surface area (Å²) < 4.78 is 13.5. The SMILES string of the molecule is CN(CCNc1ccccc1)c1ccccc1F. The van der Waals surface area contributed by atoms with Gasteiger partial charge in [-0.2, -0.15) is 0 Å². The Balaban J connectivity index is 1.86. The average molecular weight is 244 g/mol. The Hall–Kier alpha value is -2.03. The Morgan fingerprint density at radius 3 is 2.39 bits per heavy atom. The first-order chi connectivity index (χ1) is 8.77. The van der Waals surface area contributed by atoms with Gasteiger partial charge in [-0.3, -0.25) is 0 Å². The van der Waals surface area contributed by atoms with Crippen molar-refractivity contribution in [3.8, 4) is 0 Å². The number of hydrogen-bond donors (Lipinski definition) is 1. The van der Waals surface area contributed by atoms with E-state index in [1.165, 1.54) is 6.07 Å². The Morgan fingerprint density at radius 2 is 1.67 bits per heavy atom. The number of benzene rings is 2. The molecule has 2 nitrogen and oxygen atoms in total. The van der Waals surface area contributed by atoms with E-state index in [4.69, 9.17) is 0 Å². The first kappa shape index (κ1) is 12.4. The number of para-hydroxylation sites is 2. The van der Waals surface area contributed by atoms with Gasteiger partial charge in [0, 0.05) is 25.8 Å². The number of nitrogens with zero attached hydrogens (tertiary/aromatic N) is 1. The first-order valence-corrected chi connectivity index (χ1v) is 6.02. The Morgan fingerprint density at radius 1 is 1.00 bits per heavy atom. The van der Waals surface area contributed by atoms with Crippen molar-refractivity contribution in [3.63, 3.8) is 0 Å². The predicted octanol–water partition coefficient (Wildman–Crippen LogP) is 3.37. The molecule has 0 radical (unpaired) electrons. The van der Waals surface area contributed by atoms with Gasteiger partial charge < -0.3 is 10.2 Å². The molecule has 2 rings (SSSR count). The van der Waals surface area contributed by atoms with Crippen molar-refractivity contribution < 1.29 is 4.39 Å². The van der Waals surface area contributed by atoms with Crippen LogP contribution in [0.25, 0.3) is 0 Å². The molecule has 0 aliphatic rings. The van der Waals surface area contributed by atoms with Gasteiger partial charge in [0.05, 0.1) is 5.69 Å². The molecule has 0 unspecified atom stereocenters. The summed E-state index contributed by atoms with van der Waals surface area (Å²) in [5.41, 5.74) is 1.71. The number of rotatable bonds is 5. The van der Waals surface area contributed by atoms with E-state index in [0.29, 0.717) is 5.69 Å². The molecule has 0 atom stereocenters. The smallest absolute Gasteiger partial charge is 0.146 e. The quantitative estimate of drug-likeness (QED) is 0.867. The first-order valence-electron chi connectivity index (χ1n) is 6.02. The number of hydrogen-bond acceptors (Lipinski definition) is 2.